The predicted octanol–water partition coefficient (Wildman–Crippen LogP) is 2.60. The number of halogens is 4. The van der Waals surface area contributed by atoms with Gasteiger partial charge in [0.05, 0.1) is 17.0 Å². The lowest BCUT2D eigenvalue weighted by Crippen LogP contribution is -2.28. The molecule has 1 aromatic carbocycles. The van der Waals surface area contributed by atoms with Crippen molar-refractivity contribution in [2.45, 2.75) is 12.6 Å². The predicted molar refractivity (Wildman–Crippen MR) is 58.9 cm³/mol. The van der Waals surface area contributed by atoms with E-state index in [1.165, 1.54) is 18.2 Å². The quantitative estimate of drug-likeness (QED) is 0.826. The Morgan fingerprint density at radius 2 is 2.06 bits per heavy atom. The number of hydrogen-bond acceptors (Lipinski definition) is 2. The number of anilines is 1. The molecule has 0 atom stereocenters. The lowest BCUT2D eigenvalue weighted by Gasteiger charge is -2.09. The van der Waals surface area contributed by atoms with Crippen LogP contribution in [-0.4, -0.2) is 18.6 Å². The van der Waals surface area contributed by atoms with Crippen LogP contribution in [0.4, 0.5) is 18.9 Å². The Bertz CT molecular complexity index is 421. The molecule has 0 aliphatic heterocycles. The zero-order valence-electron chi connectivity index (χ0n) is 8.64. The van der Waals surface area contributed by atoms with Gasteiger partial charge in [-0.25, -0.2) is 0 Å². The van der Waals surface area contributed by atoms with Gasteiger partial charge in [-0.3, -0.25) is 4.79 Å². The highest BCUT2D eigenvalue weighted by atomic mass is 35.5. The fourth-order valence-corrected chi connectivity index (χ4v) is 1.40. The van der Waals surface area contributed by atoms with E-state index in [1.807, 2.05) is 0 Å². The molecule has 0 aliphatic carbocycles. The summed E-state index contributed by atoms with van der Waals surface area (Å²) in [7, 11) is 0. The van der Waals surface area contributed by atoms with E-state index in [-0.39, 0.29) is 10.6 Å². The van der Waals surface area contributed by atoms with Crippen molar-refractivity contribution in [1.82, 2.24) is 5.32 Å². The topological polar surface area (TPSA) is 55.1 Å². The SMILES string of the molecule is Nc1ccc(C(=O)NCCC(F)(F)F)c(Cl)c1. The van der Waals surface area contributed by atoms with E-state index in [0.29, 0.717) is 5.69 Å². The second kappa shape index (κ2) is 5.27. The molecule has 0 saturated carbocycles. The summed E-state index contributed by atoms with van der Waals surface area (Å²) >= 11 is 5.73. The molecular weight excluding hydrogens is 257 g/mol. The molecule has 0 aromatic heterocycles. The van der Waals surface area contributed by atoms with E-state index in [4.69, 9.17) is 17.3 Å². The van der Waals surface area contributed by atoms with Gasteiger partial charge in [-0.15, -0.1) is 0 Å². The van der Waals surface area contributed by atoms with Crippen LogP contribution in [-0.2, 0) is 0 Å². The van der Waals surface area contributed by atoms with Gasteiger partial charge in [0.1, 0.15) is 0 Å². The van der Waals surface area contributed by atoms with Gasteiger partial charge in [-0.1, -0.05) is 11.6 Å². The normalized spacial score (nSPS) is 11.3. The minimum absolute atomic E-state index is 0.100. The van der Waals surface area contributed by atoms with Crippen LogP contribution < -0.4 is 11.1 Å². The van der Waals surface area contributed by atoms with Crippen molar-refractivity contribution >= 4 is 23.2 Å². The second-order valence-electron chi connectivity index (χ2n) is 3.36. The third kappa shape index (κ3) is 4.52. The molecule has 0 fully saturated rings. The van der Waals surface area contributed by atoms with Crippen LogP contribution in [0.15, 0.2) is 18.2 Å². The number of nitrogen functional groups attached to an aromatic ring is 1. The molecule has 3 nitrogen and oxygen atoms in total. The van der Waals surface area contributed by atoms with E-state index in [0.717, 1.165) is 0 Å². The van der Waals surface area contributed by atoms with Crippen molar-refractivity contribution < 1.29 is 18.0 Å². The van der Waals surface area contributed by atoms with E-state index >= 15 is 0 Å². The number of rotatable bonds is 3. The van der Waals surface area contributed by atoms with Crippen molar-refractivity contribution in [1.29, 1.82) is 0 Å². The molecular formula is C10H10ClF3N2O. The van der Waals surface area contributed by atoms with Gasteiger partial charge in [0.25, 0.3) is 5.91 Å². The molecule has 0 unspecified atom stereocenters. The van der Waals surface area contributed by atoms with Gasteiger partial charge in [-0.05, 0) is 18.2 Å². The summed E-state index contributed by atoms with van der Waals surface area (Å²) in [6.07, 6.45) is -5.37. The Kier molecular flexibility index (Phi) is 4.22. The smallest absolute Gasteiger partial charge is 0.390 e. The fourth-order valence-electron chi connectivity index (χ4n) is 1.13. The van der Waals surface area contributed by atoms with Crippen molar-refractivity contribution in [2.24, 2.45) is 0 Å². The number of benzene rings is 1. The van der Waals surface area contributed by atoms with Gasteiger partial charge < -0.3 is 11.1 Å². The first-order valence-electron chi connectivity index (χ1n) is 4.69. The summed E-state index contributed by atoms with van der Waals surface area (Å²) in [6, 6.07) is 4.17. The number of carbonyl (C=O) groups excluding carboxylic acids is 1. The highest BCUT2D eigenvalue weighted by Gasteiger charge is 2.26. The minimum Gasteiger partial charge on any atom is -0.399 e. The molecule has 7 heteroatoms. The maximum Gasteiger partial charge on any atom is 0.390 e. The number of carbonyl (C=O) groups is 1. The summed E-state index contributed by atoms with van der Waals surface area (Å²) in [5.41, 5.74) is 5.90. The van der Waals surface area contributed by atoms with Gasteiger partial charge in [0, 0.05) is 12.2 Å². The van der Waals surface area contributed by atoms with Crippen LogP contribution in [0.2, 0.25) is 5.02 Å². The summed E-state index contributed by atoms with van der Waals surface area (Å²) < 4.78 is 35.5. The largest absolute Gasteiger partial charge is 0.399 e. The maximum atomic E-state index is 11.8. The molecule has 1 rings (SSSR count). The van der Waals surface area contributed by atoms with Crippen molar-refractivity contribution in [3.63, 3.8) is 0 Å². The van der Waals surface area contributed by atoms with E-state index in [9.17, 15) is 18.0 Å². The Hall–Kier alpha value is -1.43. The lowest BCUT2D eigenvalue weighted by atomic mass is 10.2. The van der Waals surface area contributed by atoms with Gasteiger partial charge in [-0.2, -0.15) is 13.2 Å². The molecule has 17 heavy (non-hydrogen) atoms. The summed E-state index contributed by atoms with van der Waals surface area (Å²) in [6.45, 7) is -0.483. The van der Waals surface area contributed by atoms with Gasteiger partial charge >= 0.3 is 6.18 Å². The van der Waals surface area contributed by atoms with Gasteiger partial charge in [0.15, 0.2) is 0 Å². The Labute approximate surface area is 101 Å². The number of nitrogens with two attached hydrogens (primary N) is 1. The number of alkyl halides is 3. The van der Waals surface area contributed by atoms with Crippen molar-refractivity contribution in [3.05, 3.63) is 28.8 Å². The van der Waals surface area contributed by atoms with Crippen LogP contribution in [0.25, 0.3) is 0 Å². The summed E-state index contributed by atoms with van der Waals surface area (Å²) in [4.78, 5) is 11.5. The standard InChI is InChI=1S/C10H10ClF3N2O/c11-8-5-6(15)1-2-7(8)9(17)16-4-3-10(12,13)14/h1-2,5H,3-4,15H2,(H,16,17). The second-order valence-corrected chi connectivity index (χ2v) is 3.77. The zero-order chi connectivity index (χ0) is 13.1. The highest BCUT2D eigenvalue weighted by Crippen LogP contribution is 2.20. The fraction of sp³-hybridized carbons (Fsp3) is 0.300. The number of amides is 1. The first-order chi connectivity index (χ1) is 7.79. The molecule has 0 bridgehead atoms. The molecule has 0 aliphatic rings. The molecule has 1 aromatic rings. The molecule has 0 radical (unpaired) electrons. The molecule has 0 saturated heterocycles. The Morgan fingerprint density at radius 1 is 1.41 bits per heavy atom. The molecule has 3 N–H and O–H groups in total. The third-order valence-corrected chi connectivity index (χ3v) is 2.24. The summed E-state index contributed by atoms with van der Waals surface area (Å²) in [5.74, 6) is -0.653. The van der Waals surface area contributed by atoms with Crippen LogP contribution in [0.1, 0.15) is 16.8 Å². The average Bonchev–Trinajstić information content (AvgIpc) is 2.15. The van der Waals surface area contributed by atoms with E-state index in [1.54, 1.807) is 0 Å². The first-order valence-corrected chi connectivity index (χ1v) is 5.07. The van der Waals surface area contributed by atoms with E-state index in [2.05, 4.69) is 5.32 Å². The zero-order valence-corrected chi connectivity index (χ0v) is 9.40. The monoisotopic (exact) mass is 266 g/mol. The summed E-state index contributed by atoms with van der Waals surface area (Å²) in [5, 5.41) is 2.24. The van der Waals surface area contributed by atoms with Crippen molar-refractivity contribution in [3.8, 4) is 0 Å². The molecule has 0 heterocycles. The molecule has 94 valence electrons. The minimum atomic E-state index is -4.29. The number of nitrogens with one attached hydrogen (secondary N) is 1. The maximum absolute atomic E-state index is 11.8. The van der Waals surface area contributed by atoms with Crippen LogP contribution in [0, 0.1) is 0 Å². The van der Waals surface area contributed by atoms with Crippen LogP contribution in [0.5, 0.6) is 0 Å². The van der Waals surface area contributed by atoms with E-state index < -0.39 is 25.0 Å². The molecule has 0 spiro atoms. The highest BCUT2D eigenvalue weighted by molar-refractivity contribution is 6.34. The Morgan fingerprint density at radius 3 is 2.59 bits per heavy atom. The first kappa shape index (κ1) is 13.6. The number of hydrogen-bond donors (Lipinski definition) is 2. The van der Waals surface area contributed by atoms with Gasteiger partial charge in [0.2, 0.25) is 0 Å². The third-order valence-electron chi connectivity index (χ3n) is 1.93. The average molecular weight is 267 g/mol. The lowest BCUT2D eigenvalue weighted by molar-refractivity contribution is -0.132. The van der Waals surface area contributed by atoms with Crippen molar-refractivity contribution in [2.75, 3.05) is 12.3 Å². The van der Waals surface area contributed by atoms with Crippen LogP contribution in [0.3, 0.4) is 0 Å². The molecule has 1 amide bonds. The van der Waals surface area contributed by atoms with Crippen LogP contribution >= 0.6 is 11.6 Å². The Balaban J connectivity index is 2.59.